The van der Waals surface area contributed by atoms with Crippen molar-refractivity contribution in [2.45, 2.75) is 25.4 Å². The van der Waals surface area contributed by atoms with Crippen LogP contribution in [0, 0.1) is 0 Å². The lowest BCUT2D eigenvalue weighted by Gasteiger charge is -2.23. The number of hydrogen-bond acceptors (Lipinski definition) is 4. The summed E-state index contributed by atoms with van der Waals surface area (Å²) in [6, 6.07) is 0. The first-order valence-electron chi connectivity index (χ1n) is 5.62. The number of hydroxylamine groups is 2. The Morgan fingerprint density at radius 1 is 1.47 bits per heavy atom. The highest BCUT2D eigenvalue weighted by atomic mass is 16.7. The predicted octanol–water partition coefficient (Wildman–Crippen LogP) is -0.0811. The highest BCUT2D eigenvalue weighted by molar-refractivity contribution is 5.76. The summed E-state index contributed by atoms with van der Waals surface area (Å²) in [6.45, 7) is 3.48. The predicted molar refractivity (Wildman–Crippen MR) is 54.1 cm³/mol. The number of nitrogens with one attached hydrogen (secondary N) is 1. The lowest BCUT2D eigenvalue weighted by molar-refractivity contribution is -0.175. The van der Waals surface area contributed by atoms with Crippen LogP contribution in [0.15, 0.2) is 0 Å². The van der Waals surface area contributed by atoms with Gasteiger partial charge in [0.2, 0.25) is 0 Å². The molecule has 0 spiro atoms. The third-order valence-electron chi connectivity index (χ3n) is 2.76. The van der Waals surface area contributed by atoms with E-state index in [0.29, 0.717) is 13.2 Å². The zero-order valence-electron chi connectivity index (χ0n) is 8.91. The molecule has 0 unspecified atom stereocenters. The molecule has 0 saturated carbocycles. The third-order valence-corrected chi connectivity index (χ3v) is 2.76. The number of ether oxygens (including phenoxy) is 1. The molecule has 0 atom stereocenters. The third kappa shape index (κ3) is 3.15. The summed E-state index contributed by atoms with van der Waals surface area (Å²) in [7, 11) is 0. The molecule has 2 rings (SSSR count). The van der Waals surface area contributed by atoms with Gasteiger partial charge in [-0.2, -0.15) is 0 Å². The van der Waals surface area contributed by atoms with Crippen LogP contribution in [-0.4, -0.2) is 49.9 Å². The fraction of sp³-hybridized carbons (Fsp3) is 0.900. The van der Waals surface area contributed by atoms with Crippen molar-refractivity contribution in [3.8, 4) is 0 Å². The molecule has 1 N–H and O–H groups in total. The molecule has 2 saturated heterocycles. The fourth-order valence-electron chi connectivity index (χ4n) is 1.87. The monoisotopic (exact) mass is 214 g/mol. The first-order chi connectivity index (χ1) is 7.36. The van der Waals surface area contributed by atoms with Gasteiger partial charge in [0.25, 0.3) is 5.91 Å². The number of rotatable bonds is 3. The van der Waals surface area contributed by atoms with E-state index in [1.807, 2.05) is 0 Å². The van der Waals surface area contributed by atoms with Crippen LogP contribution >= 0.6 is 0 Å². The van der Waals surface area contributed by atoms with Crippen LogP contribution in [0.5, 0.6) is 0 Å². The molecule has 0 aliphatic carbocycles. The number of nitrogens with zero attached hydrogens (tertiary/aromatic N) is 1. The molecule has 2 heterocycles. The topological polar surface area (TPSA) is 50.8 Å². The molecule has 2 aliphatic heterocycles. The van der Waals surface area contributed by atoms with Gasteiger partial charge in [-0.1, -0.05) is 0 Å². The molecule has 0 aromatic carbocycles. The molecule has 15 heavy (non-hydrogen) atoms. The van der Waals surface area contributed by atoms with E-state index in [9.17, 15) is 4.79 Å². The second kappa shape index (κ2) is 5.44. The number of carbonyl (C=O) groups is 1. The van der Waals surface area contributed by atoms with Gasteiger partial charge < -0.3 is 10.1 Å². The van der Waals surface area contributed by atoms with E-state index in [2.05, 4.69) is 5.32 Å². The SMILES string of the molecule is O=C(COC1CCNCC1)N1CCCO1. The lowest BCUT2D eigenvalue weighted by Crippen LogP contribution is -2.36. The van der Waals surface area contributed by atoms with Gasteiger partial charge >= 0.3 is 0 Å². The van der Waals surface area contributed by atoms with Gasteiger partial charge in [0.05, 0.1) is 19.3 Å². The summed E-state index contributed by atoms with van der Waals surface area (Å²) >= 11 is 0. The van der Waals surface area contributed by atoms with Gasteiger partial charge in [0.15, 0.2) is 0 Å². The van der Waals surface area contributed by atoms with Crippen LogP contribution in [0.3, 0.4) is 0 Å². The maximum absolute atomic E-state index is 11.5. The van der Waals surface area contributed by atoms with Crippen molar-refractivity contribution in [1.82, 2.24) is 10.4 Å². The molecular weight excluding hydrogens is 196 g/mol. The minimum Gasteiger partial charge on any atom is -0.368 e. The Morgan fingerprint density at radius 3 is 2.93 bits per heavy atom. The van der Waals surface area contributed by atoms with Crippen molar-refractivity contribution in [1.29, 1.82) is 0 Å². The minimum atomic E-state index is -0.0500. The molecule has 0 aromatic rings. The standard InChI is InChI=1S/C10H18N2O3/c13-10(12-6-1-7-15-12)8-14-9-2-4-11-5-3-9/h9,11H,1-8H2. The maximum atomic E-state index is 11.5. The Morgan fingerprint density at radius 2 is 2.27 bits per heavy atom. The van der Waals surface area contributed by atoms with E-state index >= 15 is 0 Å². The summed E-state index contributed by atoms with van der Waals surface area (Å²) in [5.74, 6) is -0.0500. The Bertz CT molecular complexity index is 211. The molecule has 86 valence electrons. The van der Waals surface area contributed by atoms with Crippen LogP contribution in [-0.2, 0) is 14.4 Å². The number of piperidine rings is 1. The summed E-state index contributed by atoms with van der Waals surface area (Å²) in [4.78, 5) is 16.7. The largest absolute Gasteiger partial charge is 0.368 e. The lowest BCUT2D eigenvalue weighted by atomic mass is 10.1. The highest BCUT2D eigenvalue weighted by Gasteiger charge is 2.21. The van der Waals surface area contributed by atoms with Crippen LogP contribution in [0.2, 0.25) is 0 Å². The number of hydrogen-bond donors (Lipinski definition) is 1. The zero-order chi connectivity index (χ0) is 10.5. The second-order valence-corrected chi connectivity index (χ2v) is 3.94. The molecule has 2 fully saturated rings. The summed E-state index contributed by atoms with van der Waals surface area (Å²) < 4.78 is 5.55. The van der Waals surface area contributed by atoms with Crippen LogP contribution in [0.1, 0.15) is 19.3 Å². The first-order valence-corrected chi connectivity index (χ1v) is 5.62. The van der Waals surface area contributed by atoms with Crippen LogP contribution in [0.25, 0.3) is 0 Å². The molecule has 0 bridgehead atoms. The molecule has 0 aromatic heterocycles. The maximum Gasteiger partial charge on any atom is 0.272 e. The van der Waals surface area contributed by atoms with Gasteiger partial charge in [-0.05, 0) is 32.4 Å². The van der Waals surface area contributed by atoms with Gasteiger partial charge in [-0.25, -0.2) is 5.06 Å². The second-order valence-electron chi connectivity index (χ2n) is 3.94. The molecule has 5 nitrogen and oxygen atoms in total. The van der Waals surface area contributed by atoms with E-state index in [1.165, 1.54) is 5.06 Å². The van der Waals surface area contributed by atoms with Crippen LogP contribution in [0.4, 0.5) is 0 Å². The summed E-state index contributed by atoms with van der Waals surface area (Å²) in [5, 5.41) is 4.68. The summed E-state index contributed by atoms with van der Waals surface area (Å²) in [6.07, 6.45) is 3.15. The fourth-order valence-corrected chi connectivity index (χ4v) is 1.87. The van der Waals surface area contributed by atoms with Gasteiger partial charge in [0.1, 0.15) is 6.61 Å². The first kappa shape index (κ1) is 10.9. The minimum absolute atomic E-state index is 0.0500. The Hall–Kier alpha value is -0.650. The molecule has 0 radical (unpaired) electrons. The Kier molecular flexibility index (Phi) is 3.94. The Labute approximate surface area is 89.7 Å². The quantitative estimate of drug-likeness (QED) is 0.714. The highest BCUT2D eigenvalue weighted by Crippen LogP contribution is 2.09. The van der Waals surface area contributed by atoms with Gasteiger partial charge in [-0.15, -0.1) is 0 Å². The van der Waals surface area contributed by atoms with Crippen molar-refractivity contribution in [2.75, 3.05) is 32.8 Å². The molecule has 2 aliphatic rings. The normalized spacial score (nSPS) is 23.3. The Balaban J connectivity index is 1.65. The molecule has 5 heteroatoms. The summed E-state index contributed by atoms with van der Waals surface area (Å²) in [5.41, 5.74) is 0. The van der Waals surface area contributed by atoms with Crippen molar-refractivity contribution >= 4 is 5.91 Å². The average molecular weight is 214 g/mol. The van der Waals surface area contributed by atoms with E-state index < -0.39 is 0 Å². The van der Waals surface area contributed by atoms with Gasteiger partial charge in [0, 0.05) is 0 Å². The molecular formula is C10H18N2O3. The smallest absolute Gasteiger partial charge is 0.272 e. The van der Waals surface area contributed by atoms with Crippen molar-refractivity contribution in [2.24, 2.45) is 0 Å². The zero-order valence-corrected chi connectivity index (χ0v) is 8.91. The van der Waals surface area contributed by atoms with Crippen molar-refractivity contribution in [3.63, 3.8) is 0 Å². The van der Waals surface area contributed by atoms with E-state index in [1.54, 1.807) is 0 Å². The number of amides is 1. The van der Waals surface area contributed by atoms with E-state index in [-0.39, 0.29) is 18.6 Å². The molecule has 1 amide bonds. The van der Waals surface area contributed by atoms with E-state index in [0.717, 1.165) is 32.4 Å². The van der Waals surface area contributed by atoms with Crippen LogP contribution < -0.4 is 5.32 Å². The van der Waals surface area contributed by atoms with Gasteiger partial charge in [-0.3, -0.25) is 9.63 Å². The van der Waals surface area contributed by atoms with E-state index in [4.69, 9.17) is 9.57 Å². The average Bonchev–Trinajstić information content (AvgIpc) is 2.81. The van der Waals surface area contributed by atoms with Crippen molar-refractivity contribution in [3.05, 3.63) is 0 Å². The van der Waals surface area contributed by atoms with Crippen molar-refractivity contribution < 1.29 is 14.4 Å². The number of carbonyl (C=O) groups excluding carboxylic acids is 1.